The Morgan fingerprint density at radius 2 is 1.91 bits per heavy atom. The minimum absolute atomic E-state index is 0.185. The normalized spacial score (nSPS) is 13.6. The lowest BCUT2D eigenvalue weighted by Gasteiger charge is -2.21. The number of aromatic nitrogens is 1. The molecule has 1 atom stereocenters. The standard InChI is InChI=1S/C14H14F4N2OS/c1-20(7-12(21)14(16,17)18)6-11-8-22-13(19-11)9-2-4-10(15)5-3-9/h2-5,8,12,21H,6-7H2,1H3. The Morgan fingerprint density at radius 3 is 2.50 bits per heavy atom. The predicted octanol–water partition coefficient (Wildman–Crippen LogP) is 3.30. The van der Waals surface area contributed by atoms with E-state index in [1.54, 1.807) is 17.5 Å². The van der Waals surface area contributed by atoms with Gasteiger partial charge < -0.3 is 5.11 Å². The van der Waals surface area contributed by atoms with Crippen molar-refractivity contribution >= 4 is 11.3 Å². The first-order chi connectivity index (χ1) is 10.3. The van der Waals surface area contributed by atoms with Crippen LogP contribution in [-0.4, -0.2) is 40.9 Å². The number of benzene rings is 1. The molecule has 2 aromatic rings. The summed E-state index contributed by atoms with van der Waals surface area (Å²) in [7, 11) is 1.48. The summed E-state index contributed by atoms with van der Waals surface area (Å²) in [4.78, 5) is 5.66. The van der Waals surface area contributed by atoms with E-state index in [2.05, 4.69) is 4.98 Å². The van der Waals surface area contributed by atoms with E-state index in [0.29, 0.717) is 10.7 Å². The van der Waals surface area contributed by atoms with Gasteiger partial charge in [0.1, 0.15) is 10.8 Å². The summed E-state index contributed by atoms with van der Waals surface area (Å²) in [5.41, 5.74) is 1.34. The SMILES string of the molecule is CN(Cc1csc(-c2ccc(F)cc2)n1)CC(O)C(F)(F)F. The molecule has 0 spiro atoms. The lowest BCUT2D eigenvalue weighted by Crippen LogP contribution is -2.39. The van der Waals surface area contributed by atoms with Gasteiger partial charge in [-0.3, -0.25) is 4.90 Å². The number of thiazole rings is 1. The molecule has 8 heteroatoms. The van der Waals surface area contributed by atoms with Gasteiger partial charge in [0.15, 0.2) is 6.10 Å². The second kappa shape index (κ2) is 6.72. The number of nitrogens with zero attached hydrogens (tertiary/aromatic N) is 2. The van der Waals surface area contributed by atoms with Crippen LogP contribution in [0, 0.1) is 5.82 Å². The third kappa shape index (κ3) is 4.49. The highest BCUT2D eigenvalue weighted by molar-refractivity contribution is 7.13. The second-order valence-corrected chi connectivity index (χ2v) is 5.76. The number of halogens is 4. The van der Waals surface area contributed by atoms with Crippen LogP contribution < -0.4 is 0 Å². The molecular weight excluding hydrogens is 320 g/mol. The van der Waals surface area contributed by atoms with Gasteiger partial charge in [0, 0.05) is 24.0 Å². The van der Waals surface area contributed by atoms with Crippen molar-refractivity contribution in [3.05, 3.63) is 41.2 Å². The van der Waals surface area contributed by atoms with Crippen molar-refractivity contribution in [3.8, 4) is 10.6 Å². The summed E-state index contributed by atoms with van der Waals surface area (Å²) in [6.07, 6.45) is -7.01. The Bertz CT molecular complexity index is 612. The van der Waals surface area contributed by atoms with Crippen molar-refractivity contribution in [2.45, 2.75) is 18.8 Å². The molecule has 3 nitrogen and oxygen atoms in total. The van der Waals surface area contributed by atoms with Gasteiger partial charge in [-0.05, 0) is 31.3 Å². The zero-order valence-electron chi connectivity index (χ0n) is 11.6. The van der Waals surface area contributed by atoms with Crippen LogP contribution in [0.15, 0.2) is 29.6 Å². The van der Waals surface area contributed by atoms with Gasteiger partial charge >= 0.3 is 6.18 Å². The molecule has 0 amide bonds. The molecule has 0 fully saturated rings. The van der Waals surface area contributed by atoms with E-state index >= 15 is 0 Å². The van der Waals surface area contributed by atoms with Crippen LogP contribution >= 0.6 is 11.3 Å². The molecule has 0 aliphatic heterocycles. The van der Waals surface area contributed by atoms with Gasteiger partial charge in [-0.1, -0.05) is 0 Å². The van der Waals surface area contributed by atoms with Gasteiger partial charge in [-0.25, -0.2) is 9.37 Å². The van der Waals surface area contributed by atoms with E-state index in [4.69, 9.17) is 5.11 Å². The molecular formula is C14H14F4N2OS. The fraction of sp³-hybridized carbons (Fsp3) is 0.357. The van der Waals surface area contributed by atoms with E-state index in [1.165, 1.54) is 35.4 Å². The lowest BCUT2D eigenvalue weighted by molar-refractivity contribution is -0.207. The first-order valence-corrected chi connectivity index (χ1v) is 7.27. The van der Waals surface area contributed by atoms with E-state index in [0.717, 1.165) is 5.56 Å². The molecule has 1 aromatic heterocycles. The first kappa shape index (κ1) is 16.9. The summed E-state index contributed by atoms with van der Waals surface area (Å²) < 4.78 is 49.7. The van der Waals surface area contributed by atoms with Crippen molar-refractivity contribution in [1.29, 1.82) is 0 Å². The molecule has 0 aliphatic carbocycles. The Balaban J connectivity index is 1.98. The maximum absolute atomic E-state index is 12.9. The molecule has 0 aliphatic rings. The quantitative estimate of drug-likeness (QED) is 0.853. The number of aliphatic hydroxyl groups excluding tert-OH is 1. The van der Waals surface area contributed by atoms with Crippen LogP contribution in [0.25, 0.3) is 10.6 Å². The monoisotopic (exact) mass is 334 g/mol. The number of hydrogen-bond acceptors (Lipinski definition) is 4. The van der Waals surface area contributed by atoms with Crippen LogP contribution in [0.2, 0.25) is 0 Å². The summed E-state index contributed by atoms with van der Waals surface area (Å²) >= 11 is 1.33. The molecule has 1 aromatic carbocycles. The van der Waals surface area contributed by atoms with Crippen molar-refractivity contribution < 1.29 is 22.7 Å². The van der Waals surface area contributed by atoms with Crippen LogP contribution in [0.3, 0.4) is 0 Å². The van der Waals surface area contributed by atoms with Gasteiger partial charge in [-0.2, -0.15) is 13.2 Å². The zero-order valence-corrected chi connectivity index (χ0v) is 12.5. The summed E-state index contributed by atoms with van der Waals surface area (Å²) in [6.45, 7) is -0.336. The Kier molecular flexibility index (Phi) is 5.15. The van der Waals surface area contributed by atoms with Crippen molar-refractivity contribution in [2.24, 2.45) is 0 Å². The molecule has 22 heavy (non-hydrogen) atoms. The molecule has 0 bridgehead atoms. The molecule has 1 N–H and O–H groups in total. The fourth-order valence-electron chi connectivity index (χ4n) is 1.84. The molecule has 2 rings (SSSR count). The van der Waals surface area contributed by atoms with Crippen LogP contribution in [0.5, 0.6) is 0 Å². The van der Waals surface area contributed by atoms with Gasteiger partial charge in [0.2, 0.25) is 0 Å². The van der Waals surface area contributed by atoms with Gasteiger partial charge in [0.25, 0.3) is 0 Å². The second-order valence-electron chi connectivity index (χ2n) is 4.91. The van der Waals surface area contributed by atoms with Gasteiger partial charge in [-0.15, -0.1) is 11.3 Å². The highest BCUT2D eigenvalue weighted by Gasteiger charge is 2.38. The number of likely N-dealkylation sites (N-methyl/N-ethyl adjacent to an activating group) is 1. The van der Waals surface area contributed by atoms with Crippen LogP contribution in [-0.2, 0) is 6.54 Å². The number of alkyl halides is 3. The maximum atomic E-state index is 12.9. The summed E-state index contributed by atoms with van der Waals surface area (Å²) in [5.74, 6) is -0.346. The third-order valence-electron chi connectivity index (χ3n) is 2.94. The molecule has 0 saturated heterocycles. The minimum atomic E-state index is -4.63. The third-order valence-corrected chi connectivity index (χ3v) is 3.88. The van der Waals surface area contributed by atoms with E-state index in [1.807, 2.05) is 0 Å². The van der Waals surface area contributed by atoms with Gasteiger partial charge in [0.05, 0.1) is 5.69 Å². The maximum Gasteiger partial charge on any atom is 0.415 e. The Hall–Kier alpha value is -1.51. The van der Waals surface area contributed by atoms with Crippen LogP contribution in [0.1, 0.15) is 5.69 Å². The molecule has 120 valence electrons. The highest BCUT2D eigenvalue weighted by Crippen LogP contribution is 2.25. The highest BCUT2D eigenvalue weighted by atomic mass is 32.1. The Morgan fingerprint density at radius 1 is 1.27 bits per heavy atom. The molecule has 0 saturated carbocycles. The predicted molar refractivity (Wildman–Crippen MR) is 75.9 cm³/mol. The average Bonchev–Trinajstić information content (AvgIpc) is 2.86. The Labute approximate surface area is 128 Å². The van der Waals surface area contributed by atoms with E-state index < -0.39 is 18.8 Å². The topological polar surface area (TPSA) is 36.4 Å². The lowest BCUT2D eigenvalue weighted by atomic mass is 10.2. The number of aliphatic hydroxyl groups is 1. The van der Waals surface area contributed by atoms with Crippen molar-refractivity contribution in [1.82, 2.24) is 9.88 Å². The molecule has 0 radical (unpaired) electrons. The summed E-state index contributed by atoms with van der Waals surface area (Å²) in [6, 6.07) is 5.83. The van der Waals surface area contributed by atoms with Crippen LogP contribution in [0.4, 0.5) is 17.6 Å². The van der Waals surface area contributed by atoms with E-state index in [9.17, 15) is 17.6 Å². The average molecular weight is 334 g/mol. The summed E-state index contributed by atoms with van der Waals surface area (Å²) in [5, 5.41) is 11.4. The fourth-order valence-corrected chi connectivity index (χ4v) is 2.66. The van der Waals surface area contributed by atoms with Crippen molar-refractivity contribution in [2.75, 3.05) is 13.6 Å². The minimum Gasteiger partial charge on any atom is -0.382 e. The number of rotatable bonds is 5. The first-order valence-electron chi connectivity index (χ1n) is 6.39. The smallest absolute Gasteiger partial charge is 0.382 e. The largest absolute Gasteiger partial charge is 0.415 e. The van der Waals surface area contributed by atoms with Crippen molar-refractivity contribution in [3.63, 3.8) is 0 Å². The number of hydrogen-bond donors (Lipinski definition) is 1. The molecule has 1 unspecified atom stereocenters. The zero-order chi connectivity index (χ0) is 16.3. The van der Waals surface area contributed by atoms with E-state index in [-0.39, 0.29) is 12.4 Å². The molecule has 1 heterocycles.